The molecule has 0 fully saturated rings. The number of aromatic nitrogens is 1. The third-order valence-electron chi connectivity index (χ3n) is 5.97. The molecule has 1 aliphatic rings. The topological polar surface area (TPSA) is 144 Å². The highest BCUT2D eigenvalue weighted by Crippen LogP contribution is 2.12. The van der Waals surface area contributed by atoms with Gasteiger partial charge >= 0.3 is 5.97 Å². The molecule has 0 saturated heterocycles. The Morgan fingerprint density at radius 2 is 1.88 bits per heavy atom. The number of fused-ring (bicyclic) bond motifs is 2. The Kier molecular flexibility index (Phi) is 11.8. The lowest BCUT2D eigenvalue weighted by atomic mass is 10.1. The molecule has 10 nitrogen and oxygen atoms in total. The molecule has 3 amide bonds. The van der Waals surface area contributed by atoms with Crippen LogP contribution in [0.5, 0.6) is 0 Å². The van der Waals surface area contributed by atoms with E-state index in [1.165, 1.54) is 24.8 Å². The number of allylic oxidation sites excluding steroid dienone is 2. The third-order valence-corrected chi connectivity index (χ3v) is 6.82. The van der Waals surface area contributed by atoms with Gasteiger partial charge in [0.1, 0.15) is 23.5 Å². The van der Waals surface area contributed by atoms with Crippen molar-refractivity contribution >= 4 is 40.6 Å². The van der Waals surface area contributed by atoms with Crippen molar-refractivity contribution in [1.29, 1.82) is 0 Å². The van der Waals surface area contributed by atoms with Crippen LogP contribution < -0.4 is 16.0 Å². The molecule has 1 aromatic carbocycles. The lowest BCUT2D eigenvalue weighted by Crippen LogP contribution is -2.47. The summed E-state index contributed by atoms with van der Waals surface area (Å²) in [6.45, 7) is 4.92. The van der Waals surface area contributed by atoms with E-state index in [0.29, 0.717) is 17.9 Å². The molecule has 11 heteroatoms. The highest BCUT2D eigenvalue weighted by Gasteiger charge is 2.28. The largest absolute Gasteiger partial charge is 0.456 e. The summed E-state index contributed by atoms with van der Waals surface area (Å²) < 4.78 is 5.74. The van der Waals surface area contributed by atoms with Crippen LogP contribution in [-0.4, -0.2) is 51.7 Å². The molecule has 2 aromatic rings. The van der Waals surface area contributed by atoms with E-state index in [2.05, 4.69) is 20.9 Å². The number of hydrogen-bond acceptors (Lipinski definition) is 8. The standard InChI is InChI=1S/C30H34N4O6S/c1-4-24-28(37)34-26(16-21-10-6-5-7-11-21)30(39)40-23(12-8-9-13-41-20(3)35)17-27(36)31-18-22-14-19(2)15-25(32-22)29(38)33-24/h4-8,10-12,14-15,23,26H,9,13,16-18H2,1-3H3,(H,31,36)(H,33,38)(H,34,37)/b12-8+,24-4-/t23-,26+/m1/s1. The van der Waals surface area contributed by atoms with Crippen molar-refractivity contribution in [3.8, 4) is 0 Å². The average Bonchev–Trinajstić information content (AvgIpc) is 2.93. The summed E-state index contributed by atoms with van der Waals surface area (Å²) in [5, 5.41) is 8.01. The number of benzene rings is 1. The predicted octanol–water partition coefficient (Wildman–Crippen LogP) is 2.91. The molecular weight excluding hydrogens is 544 g/mol. The summed E-state index contributed by atoms with van der Waals surface area (Å²) in [4.78, 5) is 68.0. The Balaban J connectivity index is 1.94. The van der Waals surface area contributed by atoms with Crippen molar-refractivity contribution in [2.45, 2.75) is 58.7 Å². The van der Waals surface area contributed by atoms with Gasteiger partial charge in [0.25, 0.3) is 11.8 Å². The highest BCUT2D eigenvalue weighted by molar-refractivity contribution is 8.13. The maximum absolute atomic E-state index is 13.4. The zero-order valence-corrected chi connectivity index (χ0v) is 24.1. The molecule has 2 bridgehead atoms. The summed E-state index contributed by atoms with van der Waals surface area (Å²) in [7, 11) is 0. The molecule has 1 aliphatic heterocycles. The minimum Gasteiger partial charge on any atom is -0.456 e. The number of carbonyl (C=O) groups excluding carboxylic acids is 5. The molecule has 0 unspecified atom stereocenters. The fraction of sp³-hybridized carbons (Fsp3) is 0.333. The van der Waals surface area contributed by atoms with Crippen LogP contribution in [0.15, 0.2) is 66.4 Å². The van der Waals surface area contributed by atoms with Gasteiger partial charge in [0.15, 0.2) is 5.12 Å². The molecule has 0 saturated carbocycles. The van der Waals surface area contributed by atoms with Crippen LogP contribution in [0.4, 0.5) is 0 Å². The highest BCUT2D eigenvalue weighted by atomic mass is 32.2. The van der Waals surface area contributed by atoms with Crippen LogP contribution in [0.25, 0.3) is 0 Å². The predicted molar refractivity (Wildman–Crippen MR) is 156 cm³/mol. The summed E-state index contributed by atoms with van der Waals surface area (Å²) in [6, 6.07) is 11.3. The van der Waals surface area contributed by atoms with Crippen molar-refractivity contribution in [2.75, 3.05) is 5.75 Å². The number of thioether (sulfide) groups is 1. The number of ether oxygens (including phenoxy) is 1. The first-order valence-corrected chi connectivity index (χ1v) is 14.2. The molecule has 0 aliphatic carbocycles. The van der Waals surface area contributed by atoms with Gasteiger partial charge in [-0.2, -0.15) is 0 Å². The molecule has 41 heavy (non-hydrogen) atoms. The molecule has 3 N–H and O–H groups in total. The molecular formula is C30H34N4O6S. The van der Waals surface area contributed by atoms with Crippen molar-refractivity contribution in [3.05, 3.63) is 88.9 Å². The second-order valence-corrected chi connectivity index (χ2v) is 10.7. The number of rotatable bonds is 6. The SMILES string of the molecule is C/C=C1\NC(=O)c2cc(C)cc(n2)CNC(=O)C[C@@H](/C=C/CCSC(C)=O)OC(=O)[C@H](Cc2ccccc2)NC1=O. The van der Waals surface area contributed by atoms with Crippen molar-refractivity contribution in [2.24, 2.45) is 0 Å². The van der Waals surface area contributed by atoms with Gasteiger partial charge in [0.05, 0.1) is 18.7 Å². The maximum Gasteiger partial charge on any atom is 0.329 e. The first-order valence-electron chi connectivity index (χ1n) is 13.2. The molecule has 0 spiro atoms. The summed E-state index contributed by atoms with van der Waals surface area (Å²) in [5.74, 6) is -1.87. The number of hydrogen-bond donors (Lipinski definition) is 3. The quantitative estimate of drug-likeness (QED) is 0.206. The first kappa shape index (κ1) is 31.3. The molecule has 3 rings (SSSR count). The second-order valence-electron chi connectivity index (χ2n) is 9.41. The lowest BCUT2D eigenvalue weighted by Gasteiger charge is -2.22. The Bertz CT molecular complexity index is 1340. The number of nitrogens with one attached hydrogen (secondary N) is 3. The van der Waals surface area contributed by atoms with Crippen molar-refractivity contribution in [1.82, 2.24) is 20.9 Å². The van der Waals surface area contributed by atoms with Crippen LogP contribution in [-0.2, 0) is 36.9 Å². The van der Waals surface area contributed by atoms with E-state index < -0.39 is 35.8 Å². The van der Waals surface area contributed by atoms with Gasteiger partial charge in [-0.3, -0.25) is 19.2 Å². The third kappa shape index (κ3) is 10.3. The summed E-state index contributed by atoms with van der Waals surface area (Å²) in [5.41, 5.74) is 2.01. The fourth-order valence-corrected chi connectivity index (χ4v) is 4.56. The van der Waals surface area contributed by atoms with Gasteiger partial charge in [-0.25, -0.2) is 9.78 Å². The Hall–Kier alpha value is -4.25. The zero-order chi connectivity index (χ0) is 29.8. The second kappa shape index (κ2) is 15.5. The van der Waals surface area contributed by atoms with Gasteiger partial charge in [-0.15, -0.1) is 0 Å². The van der Waals surface area contributed by atoms with Gasteiger partial charge in [0, 0.05) is 19.1 Å². The maximum atomic E-state index is 13.4. The molecule has 1 aromatic heterocycles. The van der Waals surface area contributed by atoms with Crippen LogP contribution in [0.3, 0.4) is 0 Å². The van der Waals surface area contributed by atoms with Gasteiger partial charge in [0.2, 0.25) is 5.91 Å². The minimum absolute atomic E-state index is 0.00184. The number of carbonyl (C=O) groups is 5. The Morgan fingerprint density at radius 1 is 1.12 bits per heavy atom. The van der Waals surface area contributed by atoms with E-state index in [-0.39, 0.29) is 35.9 Å². The number of nitrogens with zero attached hydrogens (tertiary/aromatic N) is 1. The number of cyclic esters (lactones) is 1. The van der Waals surface area contributed by atoms with E-state index >= 15 is 0 Å². The van der Waals surface area contributed by atoms with Gasteiger partial charge in [-0.1, -0.05) is 54.2 Å². The van der Waals surface area contributed by atoms with Crippen molar-refractivity contribution < 1.29 is 28.7 Å². The van der Waals surface area contributed by atoms with E-state index in [1.807, 2.05) is 30.3 Å². The van der Waals surface area contributed by atoms with Crippen molar-refractivity contribution in [3.63, 3.8) is 0 Å². The van der Waals surface area contributed by atoms with Gasteiger partial charge < -0.3 is 20.7 Å². The molecule has 0 radical (unpaired) electrons. The zero-order valence-electron chi connectivity index (χ0n) is 23.3. The number of amides is 3. The smallest absolute Gasteiger partial charge is 0.329 e. The van der Waals surface area contributed by atoms with Gasteiger partial charge in [-0.05, 0) is 49.6 Å². The summed E-state index contributed by atoms with van der Waals surface area (Å²) in [6.07, 6.45) is 4.36. The summed E-state index contributed by atoms with van der Waals surface area (Å²) >= 11 is 1.18. The number of pyridine rings is 1. The van der Waals surface area contributed by atoms with Crippen LogP contribution >= 0.6 is 11.8 Å². The van der Waals surface area contributed by atoms with Crippen LogP contribution in [0, 0.1) is 6.92 Å². The first-order chi connectivity index (χ1) is 19.6. The average molecular weight is 579 g/mol. The van der Waals surface area contributed by atoms with E-state index in [1.54, 1.807) is 38.1 Å². The molecule has 2 heterocycles. The normalized spacial score (nSPS) is 19.8. The lowest BCUT2D eigenvalue weighted by molar-refractivity contribution is -0.151. The van der Waals surface area contributed by atoms with Crippen LogP contribution in [0.1, 0.15) is 54.0 Å². The molecule has 2 atom stereocenters. The monoisotopic (exact) mass is 578 g/mol. The number of esters is 1. The number of aryl methyl sites for hydroxylation is 1. The van der Waals surface area contributed by atoms with E-state index in [0.717, 1.165) is 11.1 Å². The van der Waals surface area contributed by atoms with Crippen LogP contribution in [0.2, 0.25) is 0 Å². The Labute approximate surface area is 243 Å². The van der Waals surface area contributed by atoms with E-state index in [4.69, 9.17) is 4.74 Å². The Morgan fingerprint density at radius 3 is 2.59 bits per heavy atom. The fourth-order valence-electron chi connectivity index (χ4n) is 4.01. The molecule has 216 valence electrons. The minimum atomic E-state index is -1.11. The van der Waals surface area contributed by atoms with E-state index in [9.17, 15) is 24.0 Å².